The second kappa shape index (κ2) is 7.95. The molecular weight excluding hydrogens is 366 g/mol. The molecule has 0 amide bonds. The van der Waals surface area contributed by atoms with E-state index >= 15 is 0 Å². The average molecular weight is 389 g/mol. The number of benzene rings is 2. The molecular formula is C24H23NO4. The third kappa shape index (κ3) is 3.56. The number of carbonyl (C=O) groups excluding carboxylic acids is 1. The monoisotopic (exact) mass is 389 g/mol. The van der Waals surface area contributed by atoms with Crippen molar-refractivity contribution in [3.8, 4) is 28.0 Å². The third-order valence-corrected chi connectivity index (χ3v) is 5.30. The van der Waals surface area contributed by atoms with E-state index in [9.17, 15) is 9.59 Å². The summed E-state index contributed by atoms with van der Waals surface area (Å²) < 4.78 is 12.1. The summed E-state index contributed by atoms with van der Waals surface area (Å²) in [5.41, 5.74) is 4.63. The number of methoxy groups -OCH3 is 1. The van der Waals surface area contributed by atoms with Crippen molar-refractivity contribution in [1.82, 2.24) is 4.57 Å². The van der Waals surface area contributed by atoms with Crippen LogP contribution in [0.25, 0.3) is 22.3 Å². The number of hydrogen-bond donors (Lipinski definition) is 0. The Morgan fingerprint density at radius 2 is 1.62 bits per heavy atom. The van der Waals surface area contributed by atoms with E-state index in [0.29, 0.717) is 24.3 Å². The van der Waals surface area contributed by atoms with Gasteiger partial charge in [0.1, 0.15) is 5.75 Å². The molecule has 0 unspecified atom stereocenters. The second-order valence-corrected chi connectivity index (χ2v) is 7.01. The van der Waals surface area contributed by atoms with Crippen molar-refractivity contribution in [3.63, 3.8) is 0 Å². The first kappa shape index (κ1) is 19.0. The van der Waals surface area contributed by atoms with Crippen LogP contribution in [0.15, 0.2) is 59.4 Å². The molecule has 0 atom stereocenters. The summed E-state index contributed by atoms with van der Waals surface area (Å²) in [7, 11) is 1.37. The molecule has 148 valence electrons. The number of nitrogens with zero attached hydrogens (tertiary/aromatic N) is 1. The van der Waals surface area contributed by atoms with Crippen molar-refractivity contribution in [2.75, 3.05) is 13.7 Å². The molecule has 0 saturated heterocycles. The average Bonchev–Trinajstić information content (AvgIpc) is 3.25. The molecule has 0 spiro atoms. The highest BCUT2D eigenvalue weighted by Gasteiger charge is 2.23. The molecule has 0 saturated carbocycles. The topological polar surface area (TPSA) is 57.5 Å². The largest absolute Gasteiger partial charge is 0.494 e. The van der Waals surface area contributed by atoms with Crippen molar-refractivity contribution in [1.29, 1.82) is 0 Å². The van der Waals surface area contributed by atoms with Gasteiger partial charge in [0.15, 0.2) is 0 Å². The van der Waals surface area contributed by atoms with Crippen LogP contribution in [0.1, 0.15) is 29.4 Å². The van der Waals surface area contributed by atoms with Crippen LogP contribution in [0, 0.1) is 0 Å². The number of aromatic nitrogens is 1. The van der Waals surface area contributed by atoms with Gasteiger partial charge in [-0.05, 0) is 54.7 Å². The molecule has 1 aromatic heterocycles. The SMILES string of the molecule is CCOc1ccc(-c2ccc(-c3cc(C(=O)OC)c4n(c3=O)CCC4)cc2)cc1. The van der Waals surface area contributed by atoms with E-state index in [1.807, 2.05) is 55.5 Å². The van der Waals surface area contributed by atoms with Crippen molar-refractivity contribution in [2.24, 2.45) is 0 Å². The van der Waals surface area contributed by atoms with Gasteiger partial charge in [0.25, 0.3) is 5.56 Å². The lowest BCUT2D eigenvalue weighted by molar-refractivity contribution is 0.0598. The predicted octanol–water partition coefficient (Wildman–Crippen LogP) is 4.31. The number of ether oxygens (including phenoxy) is 2. The minimum absolute atomic E-state index is 0.0565. The zero-order valence-corrected chi connectivity index (χ0v) is 16.6. The molecule has 1 aliphatic heterocycles. The van der Waals surface area contributed by atoms with Crippen LogP contribution >= 0.6 is 0 Å². The maximum atomic E-state index is 13.0. The number of pyridine rings is 1. The van der Waals surface area contributed by atoms with Gasteiger partial charge in [-0.25, -0.2) is 4.79 Å². The normalized spacial score (nSPS) is 12.5. The molecule has 0 radical (unpaired) electrons. The molecule has 0 aliphatic carbocycles. The number of fused-ring (bicyclic) bond motifs is 1. The summed E-state index contributed by atoms with van der Waals surface area (Å²) in [6, 6.07) is 17.4. The van der Waals surface area contributed by atoms with Crippen LogP contribution in [-0.2, 0) is 17.7 Å². The van der Waals surface area contributed by atoms with Crippen LogP contribution in [0.5, 0.6) is 5.75 Å². The van der Waals surface area contributed by atoms with E-state index in [1.165, 1.54) is 7.11 Å². The molecule has 5 nitrogen and oxygen atoms in total. The first-order chi connectivity index (χ1) is 14.1. The van der Waals surface area contributed by atoms with Gasteiger partial charge >= 0.3 is 5.97 Å². The molecule has 29 heavy (non-hydrogen) atoms. The highest BCUT2D eigenvalue weighted by molar-refractivity contribution is 5.92. The first-order valence-corrected chi connectivity index (χ1v) is 9.81. The Labute approximate surface area is 169 Å². The zero-order valence-electron chi connectivity index (χ0n) is 16.6. The third-order valence-electron chi connectivity index (χ3n) is 5.30. The Kier molecular flexibility index (Phi) is 5.21. The minimum Gasteiger partial charge on any atom is -0.494 e. The van der Waals surface area contributed by atoms with Gasteiger partial charge in [-0.15, -0.1) is 0 Å². The van der Waals surface area contributed by atoms with E-state index in [4.69, 9.17) is 9.47 Å². The van der Waals surface area contributed by atoms with Crippen molar-refractivity contribution >= 4 is 5.97 Å². The standard InChI is InChI=1S/C24H23NO4/c1-3-29-19-12-10-17(11-13-19)16-6-8-18(9-7-16)20-15-21(24(27)28-2)22-5-4-14-25(22)23(20)26/h6-13,15H,3-5,14H2,1-2H3. The Balaban J connectivity index is 1.71. The lowest BCUT2D eigenvalue weighted by Gasteiger charge is -2.12. The summed E-state index contributed by atoms with van der Waals surface area (Å²) in [6.45, 7) is 3.23. The van der Waals surface area contributed by atoms with E-state index < -0.39 is 5.97 Å². The summed E-state index contributed by atoms with van der Waals surface area (Å²) in [6.07, 6.45) is 1.58. The number of rotatable bonds is 5. The molecule has 5 heteroatoms. The van der Waals surface area contributed by atoms with E-state index in [2.05, 4.69) is 0 Å². The Morgan fingerprint density at radius 1 is 1.00 bits per heavy atom. The summed E-state index contributed by atoms with van der Waals surface area (Å²) in [4.78, 5) is 25.2. The smallest absolute Gasteiger partial charge is 0.339 e. The maximum absolute atomic E-state index is 13.0. The van der Waals surface area contributed by atoms with Gasteiger partial charge in [0.05, 0.1) is 19.3 Å². The Hall–Kier alpha value is -3.34. The maximum Gasteiger partial charge on any atom is 0.339 e. The molecule has 0 N–H and O–H groups in total. The highest BCUT2D eigenvalue weighted by Crippen LogP contribution is 2.27. The van der Waals surface area contributed by atoms with Crippen LogP contribution in [0.2, 0.25) is 0 Å². The van der Waals surface area contributed by atoms with Gasteiger partial charge < -0.3 is 14.0 Å². The summed E-state index contributed by atoms with van der Waals surface area (Å²) in [5.74, 6) is 0.442. The number of carbonyl (C=O) groups is 1. The van der Waals surface area contributed by atoms with Gasteiger partial charge in [-0.3, -0.25) is 4.79 Å². The Morgan fingerprint density at radius 3 is 2.24 bits per heavy atom. The molecule has 0 fully saturated rings. The highest BCUT2D eigenvalue weighted by atomic mass is 16.5. The lowest BCUT2D eigenvalue weighted by atomic mass is 9.99. The second-order valence-electron chi connectivity index (χ2n) is 7.01. The molecule has 3 aromatic rings. The van der Waals surface area contributed by atoms with E-state index in [0.717, 1.165) is 41.0 Å². The van der Waals surface area contributed by atoms with Gasteiger partial charge in [0.2, 0.25) is 0 Å². The van der Waals surface area contributed by atoms with Crippen LogP contribution in [0.3, 0.4) is 0 Å². The fourth-order valence-corrected chi connectivity index (χ4v) is 3.86. The van der Waals surface area contributed by atoms with Gasteiger partial charge in [-0.2, -0.15) is 0 Å². The number of esters is 1. The number of hydrogen-bond acceptors (Lipinski definition) is 4. The summed E-state index contributed by atoms with van der Waals surface area (Å²) >= 11 is 0. The minimum atomic E-state index is -0.400. The van der Waals surface area contributed by atoms with Crippen LogP contribution in [0.4, 0.5) is 0 Å². The molecule has 1 aliphatic rings. The summed E-state index contributed by atoms with van der Waals surface area (Å²) in [5, 5.41) is 0. The quantitative estimate of drug-likeness (QED) is 0.610. The van der Waals surface area contributed by atoms with Crippen LogP contribution < -0.4 is 10.3 Å². The predicted molar refractivity (Wildman–Crippen MR) is 112 cm³/mol. The molecule has 0 bridgehead atoms. The molecule has 2 heterocycles. The molecule has 2 aromatic carbocycles. The van der Waals surface area contributed by atoms with Crippen molar-refractivity contribution < 1.29 is 14.3 Å². The van der Waals surface area contributed by atoms with E-state index in [-0.39, 0.29) is 5.56 Å². The lowest BCUT2D eigenvalue weighted by Crippen LogP contribution is -2.24. The zero-order chi connectivity index (χ0) is 20.4. The van der Waals surface area contributed by atoms with Gasteiger partial charge in [-0.1, -0.05) is 36.4 Å². The van der Waals surface area contributed by atoms with E-state index in [1.54, 1.807) is 10.6 Å². The Bertz CT molecular complexity index is 1100. The molecule has 4 rings (SSSR count). The van der Waals surface area contributed by atoms with Crippen molar-refractivity contribution in [2.45, 2.75) is 26.3 Å². The fraction of sp³-hybridized carbons (Fsp3) is 0.250. The van der Waals surface area contributed by atoms with Gasteiger partial charge in [0, 0.05) is 17.8 Å². The van der Waals surface area contributed by atoms with Crippen LogP contribution in [-0.4, -0.2) is 24.3 Å². The van der Waals surface area contributed by atoms with Crippen molar-refractivity contribution in [3.05, 3.63) is 76.2 Å². The first-order valence-electron chi connectivity index (χ1n) is 9.81. The fourth-order valence-electron chi connectivity index (χ4n) is 3.86.